The molecule has 3 nitrogen and oxygen atoms in total. The van der Waals surface area contributed by atoms with E-state index in [9.17, 15) is 4.79 Å². The highest BCUT2D eigenvalue weighted by Gasteiger charge is 2.28. The molecule has 3 rings (SSSR count). The molecule has 1 aromatic heterocycles. The Morgan fingerprint density at radius 3 is 2.70 bits per heavy atom. The number of aromatic nitrogens is 2. The van der Waals surface area contributed by atoms with E-state index in [0.717, 1.165) is 37.8 Å². The molecule has 2 aromatic rings. The SMILES string of the molecule is O=c1[nH]c(CSc2ccc(Cl)cc2)nc(C2CC2)c1I. The molecule has 0 saturated heterocycles. The van der Waals surface area contributed by atoms with Crippen molar-refractivity contribution in [1.82, 2.24) is 9.97 Å². The van der Waals surface area contributed by atoms with Crippen LogP contribution in [0.2, 0.25) is 5.02 Å². The zero-order valence-corrected chi connectivity index (χ0v) is 14.3. The van der Waals surface area contributed by atoms with Crippen LogP contribution in [0.15, 0.2) is 34.0 Å². The maximum atomic E-state index is 11.9. The van der Waals surface area contributed by atoms with Crippen molar-refractivity contribution >= 4 is 46.0 Å². The Bertz CT molecular complexity index is 683. The van der Waals surface area contributed by atoms with Gasteiger partial charge in [-0.25, -0.2) is 4.98 Å². The zero-order chi connectivity index (χ0) is 14.1. The molecule has 0 aliphatic heterocycles. The molecular weight excluding hydrogens is 407 g/mol. The lowest BCUT2D eigenvalue weighted by molar-refractivity contribution is 0.897. The minimum absolute atomic E-state index is 0.0193. The van der Waals surface area contributed by atoms with Crippen LogP contribution in [0, 0.1) is 3.57 Å². The first-order valence-electron chi connectivity index (χ1n) is 6.30. The minimum Gasteiger partial charge on any atom is -0.309 e. The van der Waals surface area contributed by atoms with Gasteiger partial charge in [0.1, 0.15) is 5.82 Å². The van der Waals surface area contributed by atoms with Crippen LogP contribution in [0.4, 0.5) is 0 Å². The van der Waals surface area contributed by atoms with Crippen LogP contribution in [-0.4, -0.2) is 9.97 Å². The molecule has 0 amide bonds. The number of nitrogens with one attached hydrogen (secondary N) is 1. The molecule has 6 heteroatoms. The molecule has 1 saturated carbocycles. The van der Waals surface area contributed by atoms with Gasteiger partial charge in [-0.1, -0.05) is 11.6 Å². The second-order valence-electron chi connectivity index (χ2n) is 4.73. The maximum absolute atomic E-state index is 11.9. The predicted octanol–water partition coefficient (Wildman–Crippen LogP) is 4.20. The summed E-state index contributed by atoms with van der Waals surface area (Å²) in [5, 5.41) is 0.728. The Morgan fingerprint density at radius 2 is 2.05 bits per heavy atom. The average molecular weight is 419 g/mol. The van der Waals surface area contributed by atoms with Crippen molar-refractivity contribution < 1.29 is 0 Å². The summed E-state index contributed by atoms with van der Waals surface area (Å²) in [6.45, 7) is 0. The van der Waals surface area contributed by atoms with E-state index in [0.29, 0.717) is 11.7 Å². The fraction of sp³-hybridized carbons (Fsp3) is 0.286. The van der Waals surface area contributed by atoms with E-state index in [-0.39, 0.29) is 5.56 Å². The Kier molecular flexibility index (Phi) is 4.37. The molecule has 1 heterocycles. The summed E-state index contributed by atoms with van der Waals surface area (Å²) < 4.78 is 0.741. The van der Waals surface area contributed by atoms with E-state index < -0.39 is 0 Å². The van der Waals surface area contributed by atoms with Gasteiger partial charge in [-0.15, -0.1) is 11.8 Å². The first kappa shape index (κ1) is 14.4. The average Bonchev–Trinajstić information content (AvgIpc) is 3.26. The molecule has 0 bridgehead atoms. The summed E-state index contributed by atoms with van der Waals surface area (Å²) in [7, 11) is 0. The van der Waals surface area contributed by atoms with E-state index >= 15 is 0 Å². The fourth-order valence-corrected chi connectivity index (χ4v) is 3.49. The Labute approximate surface area is 139 Å². The quantitative estimate of drug-likeness (QED) is 0.598. The number of halogens is 2. The summed E-state index contributed by atoms with van der Waals surface area (Å²) >= 11 is 9.60. The molecule has 0 radical (unpaired) electrons. The van der Waals surface area contributed by atoms with Gasteiger partial charge in [-0.05, 0) is 59.7 Å². The van der Waals surface area contributed by atoms with E-state index in [1.807, 2.05) is 24.3 Å². The van der Waals surface area contributed by atoms with Crippen LogP contribution in [-0.2, 0) is 5.75 Å². The highest BCUT2D eigenvalue weighted by molar-refractivity contribution is 14.1. The lowest BCUT2D eigenvalue weighted by Crippen LogP contribution is -2.17. The summed E-state index contributed by atoms with van der Waals surface area (Å²) in [6, 6.07) is 7.67. The number of H-pyrrole nitrogens is 1. The van der Waals surface area contributed by atoms with Gasteiger partial charge in [-0.3, -0.25) is 4.79 Å². The number of benzene rings is 1. The van der Waals surface area contributed by atoms with Crippen molar-refractivity contribution in [3.05, 3.63) is 54.7 Å². The highest BCUT2D eigenvalue weighted by Crippen LogP contribution is 2.40. The zero-order valence-electron chi connectivity index (χ0n) is 10.5. The summed E-state index contributed by atoms with van der Waals surface area (Å²) in [5.41, 5.74) is 0.954. The largest absolute Gasteiger partial charge is 0.309 e. The van der Waals surface area contributed by atoms with Crippen LogP contribution < -0.4 is 5.56 Å². The van der Waals surface area contributed by atoms with Crippen LogP contribution in [0.3, 0.4) is 0 Å². The lowest BCUT2D eigenvalue weighted by atomic mass is 10.3. The molecule has 104 valence electrons. The van der Waals surface area contributed by atoms with E-state index in [4.69, 9.17) is 11.6 Å². The van der Waals surface area contributed by atoms with Crippen LogP contribution in [0.5, 0.6) is 0 Å². The van der Waals surface area contributed by atoms with Crippen molar-refractivity contribution in [2.45, 2.75) is 29.4 Å². The Morgan fingerprint density at radius 1 is 1.35 bits per heavy atom. The Balaban J connectivity index is 1.77. The molecule has 0 unspecified atom stereocenters. The minimum atomic E-state index is -0.0193. The van der Waals surface area contributed by atoms with Crippen molar-refractivity contribution in [2.24, 2.45) is 0 Å². The second-order valence-corrected chi connectivity index (χ2v) is 7.29. The number of hydrogen-bond donors (Lipinski definition) is 1. The van der Waals surface area contributed by atoms with Crippen molar-refractivity contribution in [1.29, 1.82) is 0 Å². The van der Waals surface area contributed by atoms with Gasteiger partial charge in [0.2, 0.25) is 0 Å². The van der Waals surface area contributed by atoms with Crippen LogP contribution in [0.1, 0.15) is 30.3 Å². The third kappa shape index (κ3) is 3.38. The summed E-state index contributed by atoms with van der Waals surface area (Å²) in [6.07, 6.45) is 2.30. The standard InChI is InChI=1S/C14H12ClIN2OS/c15-9-3-5-10(6-4-9)20-7-11-17-13(8-1-2-8)12(16)14(19)18-11/h3-6,8H,1-2,7H2,(H,17,18,19). The van der Waals surface area contributed by atoms with Gasteiger partial charge in [0.15, 0.2) is 0 Å². The first-order chi connectivity index (χ1) is 9.63. The second kappa shape index (κ2) is 6.07. The van der Waals surface area contributed by atoms with Gasteiger partial charge >= 0.3 is 0 Å². The normalized spacial score (nSPS) is 14.5. The van der Waals surface area contributed by atoms with E-state index in [1.165, 1.54) is 0 Å². The van der Waals surface area contributed by atoms with Gasteiger partial charge in [0.25, 0.3) is 5.56 Å². The molecule has 1 aliphatic rings. The molecule has 1 N–H and O–H groups in total. The molecule has 1 aromatic carbocycles. The number of nitrogens with zero attached hydrogens (tertiary/aromatic N) is 1. The van der Waals surface area contributed by atoms with Gasteiger partial charge < -0.3 is 4.98 Å². The van der Waals surface area contributed by atoms with Crippen molar-refractivity contribution in [2.75, 3.05) is 0 Å². The smallest absolute Gasteiger partial charge is 0.264 e. The highest BCUT2D eigenvalue weighted by atomic mass is 127. The van der Waals surface area contributed by atoms with Crippen molar-refractivity contribution in [3.8, 4) is 0 Å². The lowest BCUT2D eigenvalue weighted by Gasteiger charge is -2.06. The van der Waals surface area contributed by atoms with Crippen molar-refractivity contribution in [3.63, 3.8) is 0 Å². The fourth-order valence-electron chi connectivity index (χ4n) is 1.90. The molecule has 0 spiro atoms. The first-order valence-corrected chi connectivity index (χ1v) is 8.74. The third-order valence-corrected chi connectivity index (χ3v) is 5.41. The molecule has 20 heavy (non-hydrogen) atoms. The topological polar surface area (TPSA) is 45.8 Å². The number of thioether (sulfide) groups is 1. The van der Waals surface area contributed by atoms with E-state index in [2.05, 4.69) is 32.6 Å². The van der Waals surface area contributed by atoms with Crippen LogP contribution in [0.25, 0.3) is 0 Å². The molecule has 1 fully saturated rings. The monoisotopic (exact) mass is 418 g/mol. The molecule has 1 aliphatic carbocycles. The Hall–Kier alpha value is -0.530. The van der Waals surface area contributed by atoms with Gasteiger partial charge in [0, 0.05) is 15.8 Å². The third-order valence-electron chi connectivity index (χ3n) is 3.09. The van der Waals surface area contributed by atoms with Gasteiger partial charge in [0.05, 0.1) is 15.0 Å². The molecule has 0 atom stereocenters. The van der Waals surface area contributed by atoms with E-state index in [1.54, 1.807) is 11.8 Å². The molecular formula is C14H12ClIN2OS. The summed E-state index contributed by atoms with van der Waals surface area (Å²) in [5.74, 6) is 1.90. The number of aromatic amines is 1. The number of hydrogen-bond acceptors (Lipinski definition) is 3. The van der Waals surface area contributed by atoms with Crippen LogP contribution >= 0.6 is 46.0 Å². The predicted molar refractivity (Wildman–Crippen MR) is 90.6 cm³/mol. The summed E-state index contributed by atoms with van der Waals surface area (Å²) in [4.78, 5) is 20.5. The number of rotatable bonds is 4. The maximum Gasteiger partial charge on any atom is 0.264 e. The van der Waals surface area contributed by atoms with Gasteiger partial charge in [-0.2, -0.15) is 0 Å².